The maximum atomic E-state index is 13.4. The minimum atomic E-state index is -1.01. The normalized spacial score (nSPS) is 15.7. The predicted molar refractivity (Wildman–Crippen MR) is 119 cm³/mol. The van der Waals surface area contributed by atoms with E-state index >= 15 is 0 Å². The summed E-state index contributed by atoms with van der Waals surface area (Å²) in [6, 6.07) is 6.97. The van der Waals surface area contributed by atoms with Gasteiger partial charge in [-0.3, -0.25) is 9.36 Å². The lowest BCUT2D eigenvalue weighted by Gasteiger charge is -2.31. The van der Waals surface area contributed by atoms with Crippen LogP contribution in [0.5, 0.6) is 0 Å². The van der Waals surface area contributed by atoms with E-state index in [9.17, 15) is 13.6 Å². The van der Waals surface area contributed by atoms with Crippen molar-refractivity contribution in [2.24, 2.45) is 5.92 Å². The summed E-state index contributed by atoms with van der Waals surface area (Å²) in [6.07, 6.45) is 3.79. The molecule has 0 spiro atoms. The monoisotopic (exact) mass is 461 g/mol. The third-order valence-corrected chi connectivity index (χ3v) is 6.58. The van der Waals surface area contributed by atoms with Crippen LogP contribution >= 0.6 is 11.8 Å². The fourth-order valence-corrected chi connectivity index (χ4v) is 4.38. The van der Waals surface area contributed by atoms with Crippen molar-refractivity contribution in [3.8, 4) is 0 Å². The summed E-state index contributed by atoms with van der Waals surface area (Å²) in [5.74, 6) is -0.123. The summed E-state index contributed by atoms with van der Waals surface area (Å²) in [6.45, 7) is 6.22. The second-order valence-corrected chi connectivity index (χ2v) is 9.30. The smallest absolute Gasteiger partial charge is 0.237 e. The lowest BCUT2D eigenvalue weighted by atomic mass is 10.00. The number of hydrogen-bond donors (Lipinski definition) is 1. The van der Waals surface area contributed by atoms with Crippen molar-refractivity contribution in [2.45, 2.75) is 43.6 Å². The van der Waals surface area contributed by atoms with Gasteiger partial charge >= 0.3 is 0 Å². The molecule has 1 aromatic carbocycles. The van der Waals surface area contributed by atoms with Gasteiger partial charge in [0.1, 0.15) is 5.76 Å². The van der Waals surface area contributed by atoms with Gasteiger partial charge in [0, 0.05) is 24.8 Å². The molecule has 0 radical (unpaired) electrons. The number of benzene rings is 1. The number of aromatic nitrogens is 3. The molecule has 1 aliphatic heterocycles. The summed E-state index contributed by atoms with van der Waals surface area (Å²) in [7, 11) is 0. The van der Waals surface area contributed by atoms with Gasteiger partial charge in [-0.2, -0.15) is 0 Å². The number of rotatable bonds is 7. The molecule has 2 aromatic heterocycles. The number of nitrogens with one attached hydrogen (secondary N) is 1. The predicted octanol–water partition coefficient (Wildman–Crippen LogP) is 4.55. The number of halogens is 2. The first-order valence-electron chi connectivity index (χ1n) is 10.5. The maximum absolute atomic E-state index is 13.4. The third-order valence-electron chi connectivity index (χ3n) is 5.50. The van der Waals surface area contributed by atoms with Crippen LogP contribution in [-0.4, -0.2) is 39.0 Å². The molecule has 32 heavy (non-hydrogen) atoms. The Hall–Kier alpha value is -2.88. The van der Waals surface area contributed by atoms with Gasteiger partial charge in [-0.1, -0.05) is 18.7 Å². The highest BCUT2D eigenvalue weighted by molar-refractivity contribution is 8.00. The van der Waals surface area contributed by atoms with E-state index in [2.05, 4.69) is 27.3 Å². The molecule has 1 fully saturated rings. The SMILES string of the molecule is CC1CCN(c2nnc(SC(C)C(=O)Nc3ccc(F)c(F)c3)n2Cc2ccco2)CC1. The van der Waals surface area contributed by atoms with Crippen LogP contribution in [-0.2, 0) is 11.3 Å². The first kappa shape index (κ1) is 22.3. The van der Waals surface area contributed by atoms with Gasteiger partial charge in [0.25, 0.3) is 0 Å². The number of anilines is 2. The molecule has 1 aliphatic rings. The van der Waals surface area contributed by atoms with E-state index in [1.54, 1.807) is 13.2 Å². The first-order chi connectivity index (χ1) is 15.4. The van der Waals surface area contributed by atoms with Gasteiger partial charge in [-0.15, -0.1) is 10.2 Å². The number of furan rings is 1. The number of hydrogen-bond acceptors (Lipinski definition) is 6. The average Bonchev–Trinajstić information content (AvgIpc) is 3.42. The van der Waals surface area contributed by atoms with E-state index in [0.29, 0.717) is 17.6 Å². The van der Waals surface area contributed by atoms with Gasteiger partial charge in [-0.25, -0.2) is 8.78 Å². The maximum Gasteiger partial charge on any atom is 0.237 e. The fraction of sp³-hybridized carbons (Fsp3) is 0.409. The van der Waals surface area contributed by atoms with Crippen LogP contribution in [0.25, 0.3) is 0 Å². The minimum Gasteiger partial charge on any atom is -0.467 e. The zero-order chi connectivity index (χ0) is 22.7. The van der Waals surface area contributed by atoms with Crippen LogP contribution in [0.4, 0.5) is 20.4 Å². The second-order valence-electron chi connectivity index (χ2n) is 8.00. The molecule has 3 heterocycles. The molecular formula is C22H25F2N5O2S. The quantitative estimate of drug-likeness (QED) is 0.520. The standard InChI is InChI=1S/C22H25F2N5O2S/c1-14-7-9-28(10-8-14)21-26-27-22(29(21)13-17-4-3-11-31-17)32-15(2)20(30)25-16-5-6-18(23)19(24)12-16/h3-6,11-12,14-15H,7-10,13H2,1-2H3,(H,25,30). The van der Waals surface area contributed by atoms with Crippen LogP contribution in [0.3, 0.4) is 0 Å². The molecule has 1 atom stereocenters. The van der Waals surface area contributed by atoms with E-state index in [4.69, 9.17) is 4.42 Å². The second kappa shape index (κ2) is 9.72. The Balaban J connectivity index is 1.51. The van der Waals surface area contributed by atoms with Gasteiger partial charge < -0.3 is 14.6 Å². The van der Waals surface area contributed by atoms with Crippen molar-refractivity contribution < 1.29 is 18.0 Å². The molecule has 0 saturated carbocycles. The summed E-state index contributed by atoms with van der Waals surface area (Å²) >= 11 is 1.25. The number of carbonyl (C=O) groups excluding carboxylic acids is 1. The topological polar surface area (TPSA) is 76.2 Å². The molecule has 0 aliphatic carbocycles. The highest BCUT2D eigenvalue weighted by atomic mass is 32.2. The molecule has 0 bridgehead atoms. The van der Waals surface area contributed by atoms with Crippen molar-refractivity contribution in [3.05, 3.63) is 54.0 Å². The Kier molecular flexibility index (Phi) is 6.78. The summed E-state index contributed by atoms with van der Waals surface area (Å²) in [5, 5.41) is 11.4. The average molecular weight is 462 g/mol. The van der Waals surface area contributed by atoms with Crippen molar-refractivity contribution in [1.29, 1.82) is 0 Å². The van der Waals surface area contributed by atoms with E-state index < -0.39 is 16.9 Å². The van der Waals surface area contributed by atoms with E-state index in [-0.39, 0.29) is 11.6 Å². The highest BCUT2D eigenvalue weighted by Crippen LogP contribution is 2.29. The van der Waals surface area contributed by atoms with Crippen molar-refractivity contribution >= 4 is 29.3 Å². The fourth-order valence-electron chi connectivity index (χ4n) is 3.54. The number of amides is 1. The minimum absolute atomic E-state index is 0.196. The van der Waals surface area contributed by atoms with Crippen molar-refractivity contribution in [1.82, 2.24) is 14.8 Å². The van der Waals surface area contributed by atoms with Gasteiger partial charge in [0.2, 0.25) is 11.9 Å². The van der Waals surface area contributed by atoms with Gasteiger partial charge in [0.05, 0.1) is 18.1 Å². The number of thioether (sulfide) groups is 1. The number of piperidine rings is 1. The zero-order valence-electron chi connectivity index (χ0n) is 17.9. The molecule has 170 valence electrons. The third kappa shape index (κ3) is 5.12. The molecular weight excluding hydrogens is 436 g/mol. The van der Waals surface area contributed by atoms with Crippen LogP contribution in [0.15, 0.2) is 46.2 Å². The van der Waals surface area contributed by atoms with Crippen LogP contribution < -0.4 is 10.2 Å². The molecule has 1 saturated heterocycles. The first-order valence-corrected chi connectivity index (χ1v) is 11.4. The number of nitrogens with zero attached hydrogens (tertiary/aromatic N) is 4. The Morgan fingerprint density at radius 3 is 2.72 bits per heavy atom. The van der Waals surface area contributed by atoms with E-state index in [1.165, 1.54) is 17.8 Å². The summed E-state index contributed by atoms with van der Waals surface area (Å²) in [4.78, 5) is 14.9. The molecule has 10 heteroatoms. The lowest BCUT2D eigenvalue weighted by Crippen LogP contribution is -2.35. The van der Waals surface area contributed by atoms with Gasteiger partial charge in [-0.05, 0) is 49.9 Å². The van der Waals surface area contributed by atoms with Crippen LogP contribution in [0, 0.1) is 17.6 Å². The molecule has 3 aromatic rings. The molecule has 4 rings (SSSR count). The van der Waals surface area contributed by atoms with Gasteiger partial charge in [0.15, 0.2) is 16.8 Å². The molecule has 1 amide bonds. The van der Waals surface area contributed by atoms with Crippen molar-refractivity contribution in [2.75, 3.05) is 23.3 Å². The summed E-state index contributed by atoms with van der Waals surface area (Å²) in [5.41, 5.74) is 0.196. The van der Waals surface area contributed by atoms with Crippen LogP contribution in [0.2, 0.25) is 0 Å². The van der Waals surface area contributed by atoms with E-state index in [1.807, 2.05) is 16.7 Å². The molecule has 1 N–H and O–H groups in total. The highest BCUT2D eigenvalue weighted by Gasteiger charge is 2.25. The zero-order valence-corrected chi connectivity index (χ0v) is 18.7. The Labute approximate surface area is 189 Å². The Bertz CT molecular complexity index is 1060. The van der Waals surface area contributed by atoms with Crippen molar-refractivity contribution in [3.63, 3.8) is 0 Å². The summed E-state index contributed by atoms with van der Waals surface area (Å²) < 4.78 is 34.1. The Morgan fingerprint density at radius 2 is 2.03 bits per heavy atom. The Morgan fingerprint density at radius 1 is 1.25 bits per heavy atom. The largest absolute Gasteiger partial charge is 0.467 e. The molecule has 7 nitrogen and oxygen atoms in total. The number of carbonyl (C=O) groups is 1. The van der Waals surface area contributed by atoms with E-state index in [0.717, 1.165) is 49.8 Å². The molecule has 1 unspecified atom stereocenters. The van der Waals surface area contributed by atoms with Crippen LogP contribution in [0.1, 0.15) is 32.4 Å². The lowest BCUT2D eigenvalue weighted by molar-refractivity contribution is -0.115.